The molecular weight excluding hydrogens is 274 g/mol. The minimum Gasteiger partial charge on any atom is -0.399 e. The number of nitrogens with two attached hydrogens (primary N) is 1. The van der Waals surface area contributed by atoms with Gasteiger partial charge in [0.15, 0.2) is 0 Å². The van der Waals surface area contributed by atoms with Crippen molar-refractivity contribution in [1.29, 1.82) is 0 Å². The average Bonchev–Trinajstić information content (AvgIpc) is 2.53. The number of fused-ring (bicyclic) bond motifs is 1. The summed E-state index contributed by atoms with van der Waals surface area (Å²) in [6.45, 7) is 0. The number of carbonyl (C=O) groups is 1. The summed E-state index contributed by atoms with van der Waals surface area (Å²) in [5.41, 5.74) is 9.08. The van der Waals surface area contributed by atoms with Gasteiger partial charge in [0.25, 0.3) is 0 Å². The summed E-state index contributed by atoms with van der Waals surface area (Å²) in [7, 11) is 0. The number of para-hydroxylation sites is 1. The van der Waals surface area contributed by atoms with Crippen molar-refractivity contribution >= 4 is 28.2 Å². The van der Waals surface area contributed by atoms with E-state index >= 15 is 0 Å². The van der Waals surface area contributed by atoms with Crippen molar-refractivity contribution in [2.45, 2.75) is 12.8 Å². The third-order valence-electron chi connectivity index (χ3n) is 3.50. The molecule has 0 spiro atoms. The summed E-state index contributed by atoms with van der Waals surface area (Å²) in [4.78, 5) is 16.5. The maximum Gasteiger partial charge on any atom is 0.224 e. The number of carbonyl (C=O) groups excluding carboxylic acids is 1. The number of aryl methyl sites for hydroxylation is 1. The van der Waals surface area contributed by atoms with Crippen molar-refractivity contribution < 1.29 is 4.79 Å². The molecule has 4 nitrogen and oxygen atoms in total. The number of aromatic nitrogens is 1. The lowest BCUT2D eigenvalue weighted by Crippen LogP contribution is -2.12. The molecule has 2 aromatic carbocycles. The first-order chi connectivity index (χ1) is 10.7. The van der Waals surface area contributed by atoms with E-state index in [1.54, 1.807) is 6.20 Å². The first-order valence-electron chi connectivity index (χ1n) is 7.20. The highest BCUT2D eigenvalue weighted by molar-refractivity contribution is 6.00. The lowest BCUT2D eigenvalue weighted by Gasteiger charge is -2.08. The summed E-state index contributed by atoms with van der Waals surface area (Å²) in [6.07, 6.45) is 2.80. The van der Waals surface area contributed by atoms with Gasteiger partial charge in [-0.25, -0.2) is 0 Å². The van der Waals surface area contributed by atoms with Crippen LogP contribution in [-0.2, 0) is 11.2 Å². The van der Waals surface area contributed by atoms with Crippen molar-refractivity contribution in [3.63, 3.8) is 0 Å². The van der Waals surface area contributed by atoms with E-state index in [4.69, 9.17) is 5.73 Å². The Morgan fingerprint density at radius 2 is 1.91 bits per heavy atom. The molecular formula is C18H17N3O. The molecule has 110 valence electrons. The van der Waals surface area contributed by atoms with Gasteiger partial charge in [-0.2, -0.15) is 0 Å². The molecule has 3 rings (SSSR count). The van der Waals surface area contributed by atoms with Crippen LogP contribution in [0.3, 0.4) is 0 Å². The number of nitrogens with one attached hydrogen (secondary N) is 1. The number of amides is 1. The zero-order valence-corrected chi connectivity index (χ0v) is 12.1. The molecule has 4 heteroatoms. The lowest BCUT2D eigenvalue weighted by atomic mass is 10.1. The van der Waals surface area contributed by atoms with Gasteiger partial charge in [-0.1, -0.05) is 30.3 Å². The van der Waals surface area contributed by atoms with E-state index in [1.807, 2.05) is 54.6 Å². The maximum atomic E-state index is 12.1. The van der Waals surface area contributed by atoms with Crippen molar-refractivity contribution in [1.82, 2.24) is 4.98 Å². The molecule has 3 aromatic rings. The summed E-state index contributed by atoms with van der Waals surface area (Å²) < 4.78 is 0. The van der Waals surface area contributed by atoms with Crippen LogP contribution in [0, 0.1) is 0 Å². The Bertz CT molecular complexity index is 809. The molecule has 0 saturated carbocycles. The van der Waals surface area contributed by atoms with Crippen molar-refractivity contribution in [3.05, 3.63) is 66.4 Å². The van der Waals surface area contributed by atoms with Crippen LogP contribution in [-0.4, -0.2) is 10.9 Å². The van der Waals surface area contributed by atoms with Crippen molar-refractivity contribution in [2.75, 3.05) is 11.1 Å². The van der Waals surface area contributed by atoms with Gasteiger partial charge in [-0.05, 0) is 36.2 Å². The fourth-order valence-electron chi connectivity index (χ4n) is 2.42. The third kappa shape index (κ3) is 3.23. The molecule has 1 amide bonds. The van der Waals surface area contributed by atoms with Gasteiger partial charge in [0, 0.05) is 23.7 Å². The second-order valence-electron chi connectivity index (χ2n) is 5.17. The minimum atomic E-state index is -0.0272. The molecule has 0 atom stereocenters. The molecule has 0 radical (unpaired) electrons. The molecule has 0 aliphatic heterocycles. The van der Waals surface area contributed by atoms with Crippen molar-refractivity contribution in [2.24, 2.45) is 0 Å². The second kappa shape index (κ2) is 6.26. The third-order valence-corrected chi connectivity index (χ3v) is 3.50. The molecule has 1 aromatic heterocycles. The van der Waals surface area contributed by atoms with E-state index in [0.717, 1.165) is 27.8 Å². The number of hydrogen-bond acceptors (Lipinski definition) is 3. The van der Waals surface area contributed by atoms with E-state index in [-0.39, 0.29) is 5.91 Å². The molecule has 0 aliphatic carbocycles. The van der Waals surface area contributed by atoms with E-state index in [1.165, 1.54) is 0 Å². The molecule has 3 N–H and O–H groups in total. The van der Waals surface area contributed by atoms with E-state index in [9.17, 15) is 4.79 Å². The minimum absolute atomic E-state index is 0.0272. The summed E-state index contributed by atoms with van der Waals surface area (Å²) >= 11 is 0. The summed E-state index contributed by atoms with van der Waals surface area (Å²) in [6, 6.07) is 17.2. The number of benzene rings is 2. The Morgan fingerprint density at radius 3 is 2.77 bits per heavy atom. The van der Waals surface area contributed by atoms with Crippen LogP contribution in [0.1, 0.15) is 12.0 Å². The highest BCUT2D eigenvalue weighted by Crippen LogP contribution is 2.21. The SMILES string of the molecule is Nc1cccc(CCC(=O)Nc2cccc3cccnc23)c1. The fraction of sp³-hybridized carbons (Fsp3) is 0.111. The molecule has 0 saturated heterocycles. The highest BCUT2D eigenvalue weighted by Gasteiger charge is 2.07. The Balaban J connectivity index is 1.68. The Morgan fingerprint density at radius 1 is 1.09 bits per heavy atom. The van der Waals surface area contributed by atoms with Crippen LogP contribution < -0.4 is 11.1 Å². The normalized spacial score (nSPS) is 10.5. The van der Waals surface area contributed by atoms with Crippen LogP contribution >= 0.6 is 0 Å². The molecule has 0 unspecified atom stereocenters. The summed E-state index contributed by atoms with van der Waals surface area (Å²) in [5, 5.41) is 3.95. The molecule has 22 heavy (non-hydrogen) atoms. The predicted octanol–water partition coefficient (Wildman–Crippen LogP) is 3.39. The number of nitrogens with zero attached hydrogens (tertiary/aromatic N) is 1. The Hall–Kier alpha value is -2.88. The van der Waals surface area contributed by atoms with Gasteiger partial charge in [0.1, 0.15) is 0 Å². The van der Waals surface area contributed by atoms with Crippen LogP contribution in [0.5, 0.6) is 0 Å². The predicted molar refractivity (Wildman–Crippen MR) is 89.5 cm³/mol. The van der Waals surface area contributed by atoms with Gasteiger partial charge in [0.2, 0.25) is 5.91 Å². The van der Waals surface area contributed by atoms with E-state index in [0.29, 0.717) is 12.8 Å². The standard InChI is InChI=1S/C18H17N3O/c19-15-7-1-4-13(12-15)9-10-17(22)21-16-8-2-5-14-6-3-11-20-18(14)16/h1-8,11-12H,9-10,19H2,(H,21,22). The topological polar surface area (TPSA) is 68.0 Å². The van der Waals surface area contributed by atoms with Crippen LogP contribution in [0.15, 0.2) is 60.8 Å². The quantitative estimate of drug-likeness (QED) is 0.724. The van der Waals surface area contributed by atoms with E-state index < -0.39 is 0 Å². The maximum absolute atomic E-state index is 12.1. The number of rotatable bonds is 4. The zero-order chi connectivity index (χ0) is 15.4. The number of hydrogen-bond donors (Lipinski definition) is 2. The Kier molecular flexibility index (Phi) is 4.01. The van der Waals surface area contributed by atoms with Gasteiger partial charge < -0.3 is 11.1 Å². The van der Waals surface area contributed by atoms with Crippen LogP contribution in [0.4, 0.5) is 11.4 Å². The monoisotopic (exact) mass is 291 g/mol. The number of nitrogen functional groups attached to an aromatic ring is 1. The highest BCUT2D eigenvalue weighted by atomic mass is 16.1. The average molecular weight is 291 g/mol. The molecule has 0 fully saturated rings. The molecule has 1 heterocycles. The zero-order valence-electron chi connectivity index (χ0n) is 12.1. The first-order valence-corrected chi connectivity index (χ1v) is 7.20. The fourth-order valence-corrected chi connectivity index (χ4v) is 2.42. The first kappa shape index (κ1) is 14.1. The van der Waals surface area contributed by atoms with Gasteiger partial charge in [0.05, 0.1) is 11.2 Å². The van der Waals surface area contributed by atoms with Gasteiger partial charge in [-0.3, -0.25) is 9.78 Å². The van der Waals surface area contributed by atoms with Gasteiger partial charge >= 0.3 is 0 Å². The lowest BCUT2D eigenvalue weighted by molar-refractivity contribution is -0.116. The van der Waals surface area contributed by atoms with Crippen LogP contribution in [0.25, 0.3) is 10.9 Å². The van der Waals surface area contributed by atoms with Crippen LogP contribution in [0.2, 0.25) is 0 Å². The number of anilines is 2. The second-order valence-corrected chi connectivity index (χ2v) is 5.17. The largest absolute Gasteiger partial charge is 0.399 e. The smallest absolute Gasteiger partial charge is 0.224 e. The molecule has 0 aliphatic rings. The van der Waals surface area contributed by atoms with Crippen molar-refractivity contribution in [3.8, 4) is 0 Å². The summed E-state index contributed by atoms with van der Waals surface area (Å²) in [5.74, 6) is -0.0272. The number of pyridine rings is 1. The van der Waals surface area contributed by atoms with E-state index in [2.05, 4.69) is 10.3 Å². The Labute approximate surface area is 129 Å². The van der Waals surface area contributed by atoms with Gasteiger partial charge in [-0.15, -0.1) is 0 Å². The molecule has 0 bridgehead atoms.